The van der Waals surface area contributed by atoms with Crippen molar-refractivity contribution >= 4 is 23.2 Å². The van der Waals surface area contributed by atoms with Crippen LogP contribution in [0, 0.1) is 12.0 Å². The molecule has 0 aromatic heterocycles. The third kappa shape index (κ3) is 2.74. The zero-order valence-corrected chi connectivity index (χ0v) is 8.35. The maximum atomic E-state index is 11.3. The molecule has 0 unspecified atom stereocenters. The van der Waals surface area contributed by atoms with Crippen LogP contribution >= 0.6 is 11.6 Å². The molecular weight excluding hydrogens is 186 g/mol. The van der Waals surface area contributed by atoms with Crippen LogP contribution in [0.25, 0.3) is 0 Å². The van der Waals surface area contributed by atoms with E-state index in [1.54, 1.807) is 18.2 Å². The van der Waals surface area contributed by atoms with Gasteiger partial charge in [-0.1, -0.05) is 31.5 Å². The lowest BCUT2D eigenvalue weighted by Crippen LogP contribution is -2.17. The van der Waals surface area contributed by atoms with Gasteiger partial charge >= 0.3 is 0 Å². The van der Waals surface area contributed by atoms with Crippen LogP contribution in [-0.4, -0.2) is 5.91 Å². The highest BCUT2D eigenvalue weighted by Gasteiger charge is 2.08. The SMILES string of the molecule is CC(C)C(=O)Nc1c[c]ccc1Cl. The number of rotatable bonds is 2. The van der Waals surface area contributed by atoms with Crippen LogP contribution in [0.2, 0.25) is 5.02 Å². The van der Waals surface area contributed by atoms with Gasteiger partial charge in [-0.05, 0) is 18.2 Å². The van der Waals surface area contributed by atoms with Crippen LogP contribution in [0.3, 0.4) is 0 Å². The number of amides is 1. The molecule has 0 aliphatic rings. The van der Waals surface area contributed by atoms with Gasteiger partial charge in [0.15, 0.2) is 0 Å². The summed E-state index contributed by atoms with van der Waals surface area (Å²) < 4.78 is 0. The van der Waals surface area contributed by atoms with Gasteiger partial charge in [0.25, 0.3) is 0 Å². The van der Waals surface area contributed by atoms with E-state index < -0.39 is 0 Å². The summed E-state index contributed by atoms with van der Waals surface area (Å²) in [4.78, 5) is 11.3. The second kappa shape index (κ2) is 4.28. The Bertz CT molecular complexity index is 310. The summed E-state index contributed by atoms with van der Waals surface area (Å²) in [7, 11) is 0. The average molecular weight is 197 g/mol. The van der Waals surface area contributed by atoms with Crippen LogP contribution < -0.4 is 5.32 Å². The summed E-state index contributed by atoms with van der Waals surface area (Å²) in [5.41, 5.74) is 0.614. The van der Waals surface area contributed by atoms with Crippen molar-refractivity contribution in [3.8, 4) is 0 Å². The van der Waals surface area contributed by atoms with Crippen molar-refractivity contribution in [2.24, 2.45) is 5.92 Å². The number of carbonyl (C=O) groups is 1. The maximum absolute atomic E-state index is 11.3. The van der Waals surface area contributed by atoms with Crippen LogP contribution in [-0.2, 0) is 4.79 Å². The van der Waals surface area contributed by atoms with Gasteiger partial charge in [0.2, 0.25) is 5.91 Å². The molecule has 0 aliphatic carbocycles. The Kier molecular flexibility index (Phi) is 3.32. The molecule has 1 rings (SSSR count). The minimum absolute atomic E-state index is 0.0403. The fourth-order valence-electron chi connectivity index (χ4n) is 0.784. The van der Waals surface area contributed by atoms with Gasteiger partial charge in [-0.2, -0.15) is 0 Å². The van der Waals surface area contributed by atoms with Gasteiger partial charge in [0.1, 0.15) is 0 Å². The first kappa shape index (κ1) is 10.1. The molecule has 1 aromatic rings. The summed E-state index contributed by atoms with van der Waals surface area (Å²) in [6, 6.07) is 7.90. The third-order valence-electron chi connectivity index (χ3n) is 1.59. The molecular formula is C10H11ClNO. The standard InChI is InChI=1S/C10H11ClNO/c1-7(2)10(13)12-9-6-4-3-5-8(9)11/h3,5-7H,1-2H3,(H,12,13). The summed E-state index contributed by atoms with van der Waals surface area (Å²) in [6.45, 7) is 3.66. The molecule has 13 heavy (non-hydrogen) atoms. The maximum Gasteiger partial charge on any atom is 0.226 e. The zero-order chi connectivity index (χ0) is 9.84. The number of nitrogens with one attached hydrogen (secondary N) is 1. The van der Waals surface area contributed by atoms with Crippen LogP contribution in [0.4, 0.5) is 5.69 Å². The largest absolute Gasteiger partial charge is 0.325 e. The number of anilines is 1. The molecule has 69 valence electrons. The number of carbonyl (C=O) groups excluding carboxylic acids is 1. The molecule has 0 saturated carbocycles. The molecule has 1 N–H and O–H groups in total. The Morgan fingerprint density at radius 3 is 2.85 bits per heavy atom. The van der Waals surface area contributed by atoms with Gasteiger partial charge in [-0.15, -0.1) is 0 Å². The lowest BCUT2D eigenvalue weighted by atomic mass is 10.2. The molecule has 0 heterocycles. The molecule has 0 saturated heterocycles. The summed E-state index contributed by atoms with van der Waals surface area (Å²) in [6.07, 6.45) is 0. The highest BCUT2D eigenvalue weighted by Crippen LogP contribution is 2.20. The van der Waals surface area contributed by atoms with Crippen LogP contribution in [0.15, 0.2) is 18.2 Å². The van der Waals surface area contributed by atoms with E-state index in [1.165, 1.54) is 0 Å². The van der Waals surface area contributed by atoms with Gasteiger partial charge in [-0.3, -0.25) is 4.79 Å². The smallest absolute Gasteiger partial charge is 0.226 e. The topological polar surface area (TPSA) is 29.1 Å². The monoisotopic (exact) mass is 196 g/mol. The molecule has 0 spiro atoms. The van der Waals surface area contributed by atoms with E-state index in [4.69, 9.17) is 11.6 Å². The first-order valence-electron chi connectivity index (χ1n) is 4.07. The van der Waals surface area contributed by atoms with Gasteiger partial charge in [0.05, 0.1) is 10.7 Å². The Morgan fingerprint density at radius 1 is 1.62 bits per heavy atom. The van der Waals surface area contributed by atoms with Gasteiger partial charge < -0.3 is 5.32 Å². The normalized spacial score (nSPS) is 10.2. The lowest BCUT2D eigenvalue weighted by molar-refractivity contribution is -0.118. The van der Waals surface area contributed by atoms with Crippen LogP contribution in [0.5, 0.6) is 0 Å². The van der Waals surface area contributed by atoms with Crippen LogP contribution in [0.1, 0.15) is 13.8 Å². The predicted molar refractivity (Wildman–Crippen MR) is 53.8 cm³/mol. The van der Waals surface area contributed by atoms with E-state index in [0.29, 0.717) is 10.7 Å². The molecule has 2 nitrogen and oxygen atoms in total. The minimum Gasteiger partial charge on any atom is -0.325 e. The molecule has 1 radical (unpaired) electrons. The van der Waals surface area contributed by atoms with Crippen molar-refractivity contribution in [1.29, 1.82) is 0 Å². The number of benzene rings is 1. The van der Waals surface area contributed by atoms with E-state index in [1.807, 2.05) is 13.8 Å². The number of hydrogen-bond acceptors (Lipinski definition) is 1. The summed E-state index contributed by atoms with van der Waals surface area (Å²) >= 11 is 5.84. The Morgan fingerprint density at radius 2 is 2.31 bits per heavy atom. The molecule has 0 atom stereocenters. The molecule has 0 aliphatic heterocycles. The highest BCUT2D eigenvalue weighted by molar-refractivity contribution is 6.33. The lowest BCUT2D eigenvalue weighted by Gasteiger charge is -2.08. The molecule has 1 aromatic carbocycles. The quantitative estimate of drug-likeness (QED) is 0.775. The van der Waals surface area contributed by atoms with Crippen molar-refractivity contribution in [3.63, 3.8) is 0 Å². The zero-order valence-electron chi connectivity index (χ0n) is 7.60. The molecule has 3 heteroatoms. The first-order valence-corrected chi connectivity index (χ1v) is 4.45. The van der Waals surface area contributed by atoms with Gasteiger partial charge in [-0.25, -0.2) is 0 Å². The van der Waals surface area contributed by atoms with E-state index in [-0.39, 0.29) is 11.8 Å². The minimum atomic E-state index is -0.0451. The van der Waals surface area contributed by atoms with Crippen molar-refractivity contribution < 1.29 is 4.79 Å². The van der Waals surface area contributed by atoms with E-state index >= 15 is 0 Å². The second-order valence-corrected chi connectivity index (χ2v) is 3.46. The number of halogens is 1. The van der Waals surface area contributed by atoms with Crippen molar-refractivity contribution in [2.75, 3.05) is 5.32 Å². The van der Waals surface area contributed by atoms with E-state index in [0.717, 1.165) is 0 Å². The molecule has 0 fully saturated rings. The average Bonchev–Trinajstić information content (AvgIpc) is 2.08. The van der Waals surface area contributed by atoms with Crippen molar-refractivity contribution in [3.05, 3.63) is 29.3 Å². The number of hydrogen-bond donors (Lipinski definition) is 1. The Hall–Kier alpha value is -1.02. The predicted octanol–water partition coefficient (Wildman–Crippen LogP) is 2.73. The molecule has 1 amide bonds. The second-order valence-electron chi connectivity index (χ2n) is 3.05. The summed E-state index contributed by atoms with van der Waals surface area (Å²) in [5, 5.41) is 3.24. The van der Waals surface area contributed by atoms with Crippen molar-refractivity contribution in [2.45, 2.75) is 13.8 Å². The highest BCUT2D eigenvalue weighted by atomic mass is 35.5. The van der Waals surface area contributed by atoms with E-state index in [2.05, 4.69) is 11.4 Å². The summed E-state index contributed by atoms with van der Waals surface area (Å²) in [5.74, 6) is -0.0854. The van der Waals surface area contributed by atoms with E-state index in [9.17, 15) is 4.79 Å². The van der Waals surface area contributed by atoms with Crippen molar-refractivity contribution in [1.82, 2.24) is 0 Å². The fourth-order valence-corrected chi connectivity index (χ4v) is 0.949. The Labute approximate surface area is 82.9 Å². The first-order chi connectivity index (χ1) is 6.11. The fraction of sp³-hybridized carbons (Fsp3) is 0.300. The Balaban J connectivity index is 2.75. The third-order valence-corrected chi connectivity index (χ3v) is 1.92. The molecule has 0 bridgehead atoms. The van der Waals surface area contributed by atoms with Gasteiger partial charge in [0, 0.05) is 5.92 Å².